The number of anilines is 1. The zero-order chi connectivity index (χ0) is 22.5. The van der Waals surface area contributed by atoms with Crippen LogP contribution in [0.3, 0.4) is 0 Å². The van der Waals surface area contributed by atoms with Gasteiger partial charge >= 0.3 is 5.97 Å². The number of methoxy groups -OCH3 is 2. The van der Waals surface area contributed by atoms with E-state index in [-0.39, 0.29) is 19.1 Å². The highest BCUT2D eigenvalue weighted by Gasteiger charge is 2.23. The first-order valence-corrected chi connectivity index (χ1v) is 10.3. The van der Waals surface area contributed by atoms with Gasteiger partial charge in [-0.15, -0.1) is 11.3 Å². The standard InChI is InChI=1S/C21H23N3O6S/c1-12-16-19(31-17(12)21(27)30-10-9-28-3)22-11-24(20(16)26)13(2)18(25)23-14-5-7-15(29-4)8-6-14/h5-8,11,13H,9-10H2,1-4H3,(H,23,25). The van der Waals surface area contributed by atoms with Crippen molar-refractivity contribution in [1.82, 2.24) is 9.55 Å². The van der Waals surface area contributed by atoms with Crippen molar-refractivity contribution in [1.29, 1.82) is 0 Å². The van der Waals surface area contributed by atoms with Gasteiger partial charge in [0.2, 0.25) is 5.91 Å². The lowest BCUT2D eigenvalue weighted by atomic mass is 10.2. The van der Waals surface area contributed by atoms with Crippen LogP contribution in [-0.4, -0.2) is 48.9 Å². The minimum atomic E-state index is -0.817. The third kappa shape index (κ3) is 4.75. The van der Waals surface area contributed by atoms with E-state index in [1.54, 1.807) is 45.2 Å². The summed E-state index contributed by atoms with van der Waals surface area (Å²) in [7, 11) is 3.07. The van der Waals surface area contributed by atoms with Crippen LogP contribution < -0.4 is 15.6 Å². The third-order valence-corrected chi connectivity index (χ3v) is 5.92. The predicted octanol–water partition coefficient (Wildman–Crippen LogP) is 2.78. The molecular formula is C21H23N3O6S. The molecule has 1 aromatic carbocycles. The Bertz CT molecular complexity index is 1150. The summed E-state index contributed by atoms with van der Waals surface area (Å²) >= 11 is 1.09. The Hall–Kier alpha value is -3.24. The molecule has 3 aromatic rings. The number of carbonyl (C=O) groups excluding carboxylic acids is 2. The average Bonchev–Trinajstić information content (AvgIpc) is 3.11. The summed E-state index contributed by atoms with van der Waals surface area (Å²) in [4.78, 5) is 43.1. The van der Waals surface area contributed by atoms with Crippen LogP contribution >= 0.6 is 11.3 Å². The summed E-state index contributed by atoms with van der Waals surface area (Å²) in [6.07, 6.45) is 1.32. The first-order chi connectivity index (χ1) is 14.9. The molecule has 1 N–H and O–H groups in total. The van der Waals surface area contributed by atoms with Gasteiger partial charge in [0, 0.05) is 12.8 Å². The summed E-state index contributed by atoms with van der Waals surface area (Å²) < 4.78 is 16.4. The number of amides is 1. The van der Waals surface area contributed by atoms with E-state index >= 15 is 0 Å². The van der Waals surface area contributed by atoms with Gasteiger partial charge in [-0.2, -0.15) is 0 Å². The number of hydrogen-bond acceptors (Lipinski definition) is 8. The minimum Gasteiger partial charge on any atom is -0.497 e. The number of esters is 1. The largest absolute Gasteiger partial charge is 0.497 e. The fraction of sp³-hybridized carbons (Fsp3) is 0.333. The summed E-state index contributed by atoms with van der Waals surface area (Å²) in [5, 5.41) is 3.07. The Kier molecular flexibility index (Phi) is 7.03. The van der Waals surface area contributed by atoms with E-state index in [0.717, 1.165) is 11.3 Å². The monoisotopic (exact) mass is 445 g/mol. The molecule has 2 heterocycles. The number of benzene rings is 1. The lowest BCUT2D eigenvalue weighted by Crippen LogP contribution is -2.31. The first-order valence-electron chi connectivity index (χ1n) is 9.48. The Morgan fingerprint density at radius 1 is 1.19 bits per heavy atom. The number of hydrogen-bond donors (Lipinski definition) is 1. The van der Waals surface area contributed by atoms with E-state index in [9.17, 15) is 14.4 Å². The molecule has 0 aliphatic rings. The predicted molar refractivity (Wildman–Crippen MR) is 117 cm³/mol. The lowest BCUT2D eigenvalue weighted by Gasteiger charge is -2.15. The highest BCUT2D eigenvalue weighted by molar-refractivity contribution is 7.20. The normalized spacial score (nSPS) is 11.9. The molecule has 0 aliphatic heterocycles. The number of fused-ring (bicyclic) bond motifs is 1. The Balaban J connectivity index is 1.85. The third-order valence-electron chi connectivity index (χ3n) is 4.74. The Morgan fingerprint density at radius 2 is 1.90 bits per heavy atom. The van der Waals surface area contributed by atoms with Crippen LogP contribution in [0, 0.1) is 6.92 Å². The fourth-order valence-electron chi connectivity index (χ4n) is 2.94. The SMILES string of the molecule is COCCOC(=O)c1sc2ncn(C(C)C(=O)Nc3ccc(OC)cc3)c(=O)c2c1C. The number of nitrogens with one attached hydrogen (secondary N) is 1. The number of aromatic nitrogens is 2. The summed E-state index contributed by atoms with van der Waals surface area (Å²) in [6, 6.07) is 6.04. The molecule has 0 spiro atoms. The highest BCUT2D eigenvalue weighted by Crippen LogP contribution is 2.28. The maximum Gasteiger partial charge on any atom is 0.348 e. The van der Waals surface area contributed by atoms with E-state index in [1.807, 2.05) is 0 Å². The molecule has 0 fully saturated rings. The molecule has 2 aromatic heterocycles. The van der Waals surface area contributed by atoms with Crippen molar-refractivity contribution in [3.63, 3.8) is 0 Å². The summed E-state index contributed by atoms with van der Waals surface area (Å²) in [5.74, 6) is -0.240. The molecule has 1 unspecified atom stereocenters. The molecule has 3 rings (SSSR count). The van der Waals surface area contributed by atoms with Crippen molar-refractivity contribution in [2.45, 2.75) is 19.9 Å². The van der Waals surface area contributed by atoms with Gasteiger partial charge in [-0.25, -0.2) is 9.78 Å². The smallest absolute Gasteiger partial charge is 0.348 e. The van der Waals surface area contributed by atoms with Crippen LogP contribution in [0.1, 0.15) is 28.2 Å². The van der Waals surface area contributed by atoms with E-state index in [1.165, 1.54) is 18.0 Å². The topological polar surface area (TPSA) is 109 Å². The molecule has 164 valence electrons. The van der Waals surface area contributed by atoms with Gasteiger partial charge in [-0.3, -0.25) is 14.2 Å². The quantitative estimate of drug-likeness (QED) is 0.419. The molecule has 0 saturated heterocycles. The van der Waals surface area contributed by atoms with Crippen LogP contribution in [0.25, 0.3) is 10.2 Å². The number of nitrogens with zero attached hydrogens (tertiary/aromatic N) is 2. The van der Waals surface area contributed by atoms with Crippen LogP contribution in [0.5, 0.6) is 5.75 Å². The maximum absolute atomic E-state index is 13.1. The van der Waals surface area contributed by atoms with Crippen LogP contribution in [0.4, 0.5) is 5.69 Å². The first kappa shape index (κ1) is 22.4. The number of thiophene rings is 1. The molecule has 31 heavy (non-hydrogen) atoms. The molecule has 10 heteroatoms. The van der Waals surface area contributed by atoms with Crippen molar-refractivity contribution in [2.75, 3.05) is 32.8 Å². The van der Waals surface area contributed by atoms with Gasteiger partial charge in [-0.1, -0.05) is 0 Å². The molecule has 1 atom stereocenters. The average molecular weight is 445 g/mol. The number of carbonyl (C=O) groups is 2. The highest BCUT2D eigenvalue weighted by atomic mass is 32.1. The molecule has 0 saturated carbocycles. The zero-order valence-electron chi connectivity index (χ0n) is 17.6. The fourth-order valence-corrected chi connectivity index (χ4v) is 3.97. The van der Waals surface area contributed by atoms with Gasteiger partial charge in [-0.05, 0) is 43.7 Å². The Morgan fingerprint density at radius 3 is 2.55 bits per heavy atom. The van der Waals surface area contributed by atoms with E-state index < -0.39 is 17.6 Å². The van der Waals surface area contributed by atoms with Gasteiger partial charge in [0.25, 0.3) is 5.56 Å². The summed E-state index contributed by atoms with van der Waals surface area (Å²) in [5.41, 5.74) is 0.664. The van der Waals surface area contributed by atoms with Crippen LogP contribution in [0.2, 0.25) is 0 Å². The van der Waals surface area contributed by atoms with E-state index in [4.69, 9.17) is 14.2 Å². The van der Waals surface area contributed by atoms with Gasteiger partial charge in [0.1, 0.15) is 28.1 Å². The molecular weight excluding hydrogens is 422 g/mol. The molecule has 0 aliphatic carbocycles. The van der Waals surface area contributed by atoms with Crippen molar-refractivity contribution in [3.8, 4) is 5.75 Å². The number of ether oxygens (including phenoxy) is 3. The molecule has 9 nitrogen and oxygen atoms in total. The molecule has 0 bridgehead atoms. The molecule has 0 radical (unpaired) electrons. The van der Waals surface area contributed by atoms with Crippen molar-refractivity contribution in [3.05, 3.63) is 51.4 Å². The van der Waals surface area contributed by atoms with Crippen LogP contribution in [0.15, 0.2) is 35.4 Å². The second-order valence-corrected chi connectivity index (χ2v) is 7.71. The van der Waals surface area contributed by atoms with Gasteiger partial charge < -0.3 is 19.5 Å². The van der Waals surface area contributed by atoms with E-state index in [2.05, 4.69) is 10.3 Å². The van der Waals surface area contributed by atoms with Crippen LogP contribution in [-0.2, 0) is 14.3 Å². The van der Waals surface area contributed by atoms with Crippen molar-refractivity contribution < 1.29 is 23.8 Å². The second-order valence-electron chi connectivity index (χ2n) is 6.72. The summed E-state index contributed by atoms with van der Waals surface area (Å²) in [6.45, 7) is 3.67. The minimum absolute atomic E-state index is 0.114. The molecule has 1 amide bonds. The second kappa shape index (κ2) is 9.71. The maximum atomic E-state index is 13.1. The zero-order valence-corrected chi connectivity index (χ0v) is 18.4. The Labute approximate surface area is 182 Å². The van der Waals surface area contributed by atoms with Gasteiger partial charge in [0.05, 0.1) is 25.4 Å². The van der Waals surface area contributed by atoms with Crippen molar-refractivity contribution in [2.24, 2.45) is 0 Å². The van der Waals surface area contributed by atoms with Crippen molar-refractivity contribution >= 4 is 39.1 Å². The number of aryl methyl sites for hydroxylation is 1. The van der Waals surface area contributed by atoms with Gasteiger partial charge in [0.15, 0.2) is 0 Å². The lowest BCUT2D eigenvalue weighted by molar-refractivity contribution is -0.118. The van der Waals surface area contributed by atoms with E-state index in [0.29, 0.717) is 32.1 Å². The number of rotatable bonds is 8.